The number of H-pyrrole nitrogens is 1. The molecule has 124 valence electrons. The van der Waals surface area contributed by atoms with Gasteiger partial charge in [-0.25, -0.2) is 8.42 Å². The number of aromatic hydroxyl groups is 1. The fourth-order valence-electron chi connectivity index (χ4n) is 2.42. The van der Waals surface area contributed by atoms with Gasteiger partial charge in [-0.2, -0.15) is 0 Å². The number of phenols is 1. The summed E-state index contributed by atoms with van der Waals surface area (Å²) in [6.45, 7) is 1.49. The number of aryl methyl sites for hydroxylation is 1. The number of hydrogen-bond donors (Lipinski definition) is 4. The summed E-state index contributed by atoms with van der Waals surface area (Å²) < 4.78 is 27.6. The van der Waals surface area contributed by atoms with Crippen LogP contribution in [0.1, 0.15) is 15.9 Å². The second-order valence-electron chi connectivity index (χ2n) is 5.39. The van der Waals surface area contributed by atoms with Crippen molar-refractivity contribution in [1.29, 1.82) is 0 Å². The highest BCUT2D eigenvalue weighted by molar-refractivity contribution is 7.92. The second kappa shape index (κ2) is 5.57. The maximum Gasteiger partial charge on any atom is 0.261 e. The summed E-state index contributed by atoms with van der Waals surface area (Å²) in [6.07, 6.45) is 1.76. The highest BCUT2D eigenvalue weighted by Gasteiger charge is 2.20. The molecule has 0 aliphatic rings. The largest absolute Gasteiger partial charge is 0.507 e. The normalized spacial score (nSPS) is 11.5. The standard InChI is InChI=1S/C16H15N3O4S/c1-9-6-12(8-13(15(9)20)16(17)21)24(22,23)19-11-2-3-14-10(7-11)4-5-18-14/h2-8,18-20H,1H3,(H2,17,21). The highest BCUT2D eigenvalue weighted by Crippen LogP contribution is 2.27. The van der Waals surface area contributed by atoms with Gasteiger partial charge in [0.1, 0.15) is 5.75 Å². The molecule has 1 aromatic heterocycles. The number of anilines is 1. The Morgan fingerprint density at radius 3 is 2.67 bits per heavy atom. The number of hydrogen-bond acceptors (Lipinski definition) is 4. The van der Waals surface area contributed by atoms with E-state index in [0.29, 0.717) is 5.69 Å². The third-order valence-corrected chi connectivity index (χ3v) is 5.02. The van der Waals surface area contributed by atoms with Gasteiger partial charge >= 0.3 is 0 Å². The fraction of sp³-hybridized carbons (Fsp3) is 0.0625. The van der Waals surface area contributed by atoms with Gasteiger partial charge in [0.05, 0.1) is 10.5 Å². The smallest absolute Gasteiger partial charge is 0.261 e. The summed E-state index contributed by atoms with van der Waals surface area (Å²) in [5.74, 6) is -1.23. The Labute approximate surface area is 138 Å². The van der Waals surface area contributed by atoms with Gasteiger partial charge in [-0.1, -0.05) is 0 Å². The summed E-state index contributed by atoms with van der Waals surface area (Å²) in [7, 11) is -3.94. The van der Waals surface area contributed by atoms with Crippen LogP contribution in [-0.4, -0.2) is 24.4 Å². The van der Waals surface area contributed by atoms with Crippen molar-refractivity contribution in [3.63, 3.8) is 0 Å². The number of nitrogens with one attached hydrogen (secondary N) is 2. The highest BCUT2D eigenvalue weighted by atomic mass is 32.2. The summed E-state index contributed by atoms with van der Waals surface area (Å²) in [5.41, 5.74) is 6.45. The van der Waals surface area contributed by atoms with Crippen molar-refractivity contribution in [3.05, 3.63) is 53.7 Å². The lowest BCUT2D eigenvalue weighted by Crippen LogP contribution is -2.16. The minimum Gasteiger partial charge on any atom is -0.507 e. The summed E-state index contributed by atoms with van der Waals surface area (Å²) in [6, 6.07) is 9.22. The second-order valence-corrected chi connectivity index (χ2v) is 7.07. The van der Waals surface area contributed by atoms with Crippen LogP contribution in [0.25, 0.3) is 10.9 Å². The Morgan fingerprint density at radius 2 is 1.96 bits per heavy atom. The lowest BCUT2D eigenvalue weighted by atomic mass is 10.1. The van der Waals surface area contributed by atoms with Crippen molar-refractivity contribution in [2.24, 2.45) is 5.73 Å². The molecule has 0 aliphatic carbocycles. The van der Waals surface area contributed by atoms with Crippen LogP contribution in [0.4, 0.5) is 5.69 Å². The quantitative estimate of drug-likeness (QED) is 0.577. The van der Waals surface area contributed by atoms with Gasteiger partial charge in [0.2, 0.25) is 0 Å². The van der Waals surface area contributed by atoms with Gasteiger partial charge in [0.15, 0.2) is 0 Å². The first-order valence-corrected chi connectivity index (χ1v) is 8.49. The molecule has 5 N–H and O–H groups in total. The summed E-state index contributed by atoms with van der Waals surface area (Å²) in [5, 5.41) is 10.7. The molecular weight excluding hydrogens is 330 g/mol. The van der Waals surface area contributed by atoms with Crippen molar-refractivity contribution < 1.29 is 18.3 Å². The fourth-order valence-corrected chi connectivity index (χ4v) is 3.58. The maximum absolute atomic E-state index is 12.6. The van der Waals surface area contributed by atoms with Crippen LogP contribution in [0.15, 0.2) is 47.5 Å². The van der Waals surface area contributed by atoms with Gasteiger partial charge in [0.25, 0.3) is 15.9 Å². The third kappa shape index (κ3) is 2.79. The number of carbonyl (C=O) groups is 1. The Hall–Kier alpha value is -3.00. The van der Waals surface area contributed by atoms with Gasteiger partial charge in [-0.05, 0) is 48.9 Å². The van der Waals surface area contributed by atoms with E-state index < -0.39 is 15.9 Å². The van der Waals surface area contributed by atoms with E-state index in [4.69, 9.17) is 5.73 Å². The lowest BCUT2D eigenvalue weighted by Gasteiger charge is -2.11. The number of amides is 1. The Kier molecular flexibility index (Phi) is 3.69. The van der Waals surface area contributed by atoms with E-state index >= 15 is 0 Å². The molecule has 2 aromatic carbocycles. The molecule has 0 saturated carbocycles. The first-order chi connectivity index (χ1) is 11.3. The van der Waals surface area contributed by atoms with Crippen molar-refractivity contribution >= 4 is 32.5 Å². The molecule has 1 amide bonds. The van der Waals surface area contributed by atoms with E-state index in [0.717, 1.165) is 17.0 Å². The minimum absolute atomic E-state index is 0.152. The number of carbonyl (C=O) groups excluding carboxylic acids is 1. The predicted octanol–water partition coefficient (Wildman–Crippen LogP) is 2.08. The van der Waals surface area contributed by atoms with E-state index in [2.05, 4.69) is 9.71 Å². The van der Waals surface area contributed by atoms with Crippen LogP contribution in [0.2, 0.25) is 0 Å². The van der Waals surface area contributed by atoms with E-state index in [1.54, 1.807) is 24.4 Å². The van der Waals surface area contributed by atoms with Crippen LogP contribution >= 0.6 is 0 Å². The van der Waals surface area contributed by atoms with Crippen molar-refractivity contribution in [2.45, 2.75) is 11.8 Å². The number of fused-ring (bicyclic) bond motifs is 1. The monoisotopic (exact) mass is 345 g/mol. The minimum atomic E-state index is -3.94. The molecule has 3 aromatic rings. The molecule has 1 heterocycles. The lowest BCUT2D eigenvalue weighted by molar-refractivity contribution is 0.0997. The van der Waals surface area contributed by atoms with Gasteiger partial charge in [0, 0.05) is 22.8 Å². The first kappa shape index (κ1) is 15.9. The molecule has 7 nitrogen and oxygen atoms in total. The zero-order valence-corrected chi connectivity index (χ0v) is 13.5. The van der Waals surface area contributed by atoms with Crippen LogP contribution in [0.5, 0.6) is 5.75 Å². The predicted molar refractivity (Wildman–Crippen MR) is 90.5 cm³/mol. The molecule has 0 atom stereocenters. The molecule has 0 spiro atoms. The van der Waals surface area contributed by atoms with E-state index in [1.807, 2.05) is 6.07 Å². The number of sulfonamides is 1. The molecule has 3 rings (SSSR count). The summed E-state index contributed by atoms with van der Waals surface area (Å²) in [4.78, 5) is 14.2. The molecular formula is C16H15N3O4S. The van der Waals surface area contributed by atoms with E-state index in [9.17, 15) is 18.3 Å². The zero-order chi connectivity index (χ0) is 17.5. The molecule has 0 radical (unpaired) electrons. The van der Waals surface area contributed by atoms with Gasteiger partial charge in [-0.3, -0.25) is 9.52 Å². The molecule has 0 unspecified atom stereocenters. The van der Waals surface area contributed by atoms with Crippen molar-refractivity contribution in [2.75, 3.05) is 4.72 Å². The Balaban J connectivity index is 2.02. The van der Waals surface area contributed by atoms with Gasteiger partial charge < -0.3 is 15.8 Å². The molecule has 24 heavy (non-hydrogen) atoms. The number of primary amides is 1. The van der Waals surface area contributed by atoms with Crippen LogP contribution < -0.4 is 10.5 Å². The average molecular weight is 345 g/mol. The van der Waals surface area contributed by atoms with Crippen LogP contribution in [0.3, 0.4) is 0 Å². The summed E-state index contributed by atoms with van der Waals surface area (Å²) >= 11 is 0. The number of aromatic nitrogens is 1. The van der Waals surface area contributed by atoms with Crippen LogP contribution in [-0.2, 0) is 10.0 Å². The molecule has 0 saturated heterocycles. The number of nitrogens with two attached hydrogens (primary N) is 1. The SMILES string of the molecule is Cc1cc(S(=O)(=O)Nc2ccc3[nH]ccc3c2)cc(C(N)=O)c1O. The third-order valence-electron chi connectivity index (χ3n) is 3.66. The van der Waals surface area contributed by atoms with Crippen molar-refractivity contribution in [3.8, 4) is 5.75 Å². The van der Waals surface area contributed by atoms with Crippen molar-refractivity contribution in [1.82, 2.24) is 4.98 Å². The number of rotatable bonds is 4. The molecule has 0 fully saturated rings. The zero-order valence-electron chi connectivity index (χ0n) is 12.7. The first-order valence-electron chi connectivity index (χ1n) is 7.01. The van der Waals surface area contributed by atoms with E-state index in [-0.39, 0.29) is 21.8 Å². The Bertz CT molecular complexity index is 1050. The number of aromatic amines is 1. The van der Waals surface area contributed by atoms with Gasteiger partial charge in [-0.15, -0.1) is 0 Å². The molecule has 8 heteroatoms. The average Bonchev–Trinajstić information content (AvgIpc) is 2.96. The molecule has 0 aliphatic heterocycles. The van der Waals surface area contributed by atoms with E-state index in [1.165, 1.54) is 13.0 Å². The van der Waals surface area contributed by atoms with Crippen LogP contribution in [0, 0.1) is 6.92 Å². The topological polar surface area (TPSA) is 125 Å². The number of benzene rings is 2. The Morgan fingerprint density at radius 1 is 1.21 bits per heavy atom. The molecule has 0 bridgehead atoms. The maximum atomic E-state index is 12.6.